The predicted molar refractivity (Wildman–Crippen MR) is 71.4 cm³/mol. The minimum atomic E-state index is 0.116. The average Bonchev–Trinajstić information content (AvgIpc) is 2.87. The van der Waals surface area contributed by atoms with Gasteiger partial charge in [-0.3, -0.25) is 0 Å². The van der Waals surface area contributed by atoms with Crippen molar-refractivity contribution in [1.82, 2.24) is 4.98 Å². The summed E-state index contributed by atoms with van der Waals surface area (Å²) in [6, 6.07) is 5.67. The molecule has 0 saturated heterocycles. The third-order valence-corrected chi connectivity index (χ3v) is 3.46. The molecule has 2 rings (SSSR count). The van der Waals surface area contributed by atoms with E-state index >= 15 is 0 Å². The van der Waals surface area contributed by atoms with Crippen LogP contribution in [0, 0.1) is 0 Å². The van der Waals surface area contributed by atoms with Crippen LogP contribution in [0.2, 0.25) is 0 Å². The number of rotatable bonds is 5. The van der Waals surface area contributed by atoms with Crippen molar-refractivity contribution in [3.8, 4) is 22.1 Å². The number of ether oxygens (including phenoxy) is 2. The molecule has 1 aromatic carbocycles. The number of aromatic nitrogens is 1. The molecule has 96 valence electrons. The summed E-state index contributed by atoms with van der Waals surface area (Å²) in [4.78, 5) is 4.47. The Balaban J connectivity index is 2.35. The van der Waals surface area contributed by atoms with E-state index in [1.165, 1.54) is 0 Å². The number of hydrogen-bond donors (Lipinski definition) is 1. The van der Waals surface area contributed by atoms with Crippen molar-refractivity contribution in [2.75, 3.05) is 20.8 Å². The van der Waals surface area contributed by atoms with Gasteiger partial charge in [-0.25, -0.2) is 4.98 Å². The molecule has 0 spiro atoms. The van der Waals surface area contributed by atoms with Crippen LogP contribution >= 0.6 is 11.3 Å². The minimum Gasteiger partial charge on any atom is -0.497 e. The maximum atomic E-state index is 8.89. The van der Waals surface area contributed by atoms with Crippen LogP contribution in [0.3, 0.4) is 0 Å². The van der Waals surface area contributed by atoms with Crippen molar-refractivity contribution >= 4 is 11.3 Å². The molecule has 0 fully saturated rings. The van der Waals surface area contributed by atoms with E-state index in [9.17, 15) is 0 Å². The lowest BCUT2D eigenvalue weighted by atomic mass is 10.2. The highest BCUT2D eigenvalue weighted by atomic mass is 32.1. The molecule has 0 aliphatic heterocycles. The van der Waals surface area contributed by atoms with Gasteiger partial charge in [0.15, 0.2) is 0 Å². The van der Waals surface area contributed by atoms with Gasteiger partial charge in [0.2, 0.25) is 0 Å². The minimum absolute atomic E-state index is 0.116. The second-order valence-electron chi connectivity index (χ2n) is 3.72. The smallest absolute Gasteiger partial charge is 0.123 e. The van der Waals surface area contributed by atoms with Crippen LogP contribution in [0.4, 0.5) is 0 Å². The highest BCUT2D eigenvalue weighted by Gasteiger charge is 2.08. The van der Waals surface area contributed by atoms with Crippen molar-refractivity contribution in [2.24, 2.45) is 0 Å². The fourth-order valence-corrected chi connectivity index (χ4v) is 2.44. The van der Waals surface area contributed by atoms with Crippen molar-refractivity contribution in [3.05, 3.63) is 29.3 Å². The molecular weight excluding hydrogens is 250 g/mol. The van der Waals surface area contributed by atoms with Crippen molar-refractivity contribution in [2.45, 2.75) is 6.42 Å². The van der Waals surface area contributed by atoms with Gasteiger partial charge < -0.3 is 14.6 Å². The molecular formula is C13H15NO3S. The topological polar surface area (TPSA) is 51.6 Å². The molecule has 0 bridgehead atoms. The first-order chi connectivity index (χ1) is 8.76. The lowest BCUT2D eigenvalue weighted by molar-refractivity contribution is 0.298. The van der Waals surface area contributed by atoms with Crippen LogP contribution in [0.1, 0.15) is 5.69 Å². The largest absolute Gasteiger partial charge is 0.497 e. The summed E-state index contributed by atoms with van der Waals surface area (Å²) in [5.41, 5.74) is 1.86. The lowest BCUT2D eigenvalue weighted by Crippen LogP contribution is -1.91. The summed E-state index contributed by atoms with van der Waals surface area (Å²) in [5, 5.41) is 11.7. The SMILES string of the molecule is COc1cc(OC)cc(-c2nc(CCO)cs2)c1. The van der Waals surface area contributed by atoms with Gasteiger partial charge in [0, 0.05) is 30.0 Å². The second-order valence-corrected chi connectivity index (χ2v) is 4.58. The van der Waals surface area contributed by atoms with Gasteiger partial charge >= 0.3 is 0 Å². The summed E-state index contributed by atoms with van der Waals surface area (Å²) in [7, 11) is 3.25. The molecule has 2 aromatic rings. The number of aliphatic hydroxyl groups is 1. The fourth-order valence-electron chi connectivity index (χ4n) is 1.60. The number of hydrogen-bond acceptors (Lipinski definition) is 5. The maximum absolute atomic E-state index is 8.89. The zero-order chi connectivity index (χ0) is 13.0. The highest BCUT2D eigenvalue weighted by molar-refractivity contribution is 7.13. The summed E-state index contributed by atoms with van der Waals surface area (Å²) < 4.78 is 10.5. The second kappa shape index (κ2) is 5.84. The Morgan fingerprint density at radius 3 is 2.39 bits per heavy atom. The highest BCUT2D eigenvalue weighted by Crippen LogP contribution is 2.31. The molecule has 0 saturated carbocycles. The molecule has 0 radical (unpaired) electrons. The van der Waals surface area contributed by atoms with E-state index in [2.05, 4.69) is 4.98 Å². The van der Waals surface area contributed by atoms with Gasteiger partial charge in [-0.15, -0.1) is 11.3 Å². The van der Waals surface area contributed by atoms with Crippen LogP contribution < -0.4 is 9.47 Å². The van der Waals surface area contributed by atoms with Crippen LogP contribution in [0.5, 0.6) is 11.5 Å². The van der Waals surface area contributed by atoms with E-state index in [0.717, 1.165) is 27.8 Å². The van der Waals surface area contributed by atoms with Crippen molar-refractivity contribution in [1.29, 1.82) is 0 Å². The fraction of sp³-hybridized carbons (Fsp3) is 0.308. The Kier molecular flexibility index (Phi) is 4.17. The van der Waals surface area contributed by atoms with Crippen molar-refractivity contribution < 1.29 is 14.6 Å². The van der Waals surface area contributed by atoms with Gasteiger partial charge in [-0.2, -0.15) is 0 Å². The average molecular weight is 265 g/mol. The summed E-state index contributed by atoms with van der Waals surface area (Å²) in [6.07, 6.45) is 0.581. The molecule has 1 N–H and O–H groups in total. The standard InChI is InChI=1S/C13H15NO3S/c1-16-11-5-9(6-12(7-11)17-2)13-14-10(3-4-15)8-18-13/h5-8,15H,3-4H2,1-2H3. The number of methoxy groups -OCH3 is 2. The first-order valence-electron chi connectivity index (χ1n) is 5.55. The van der Waals surface area contributed by atoms with Crippen LogP contribution in [-0.2, 0) is 6.42 Å². The molecule has 18 heavy (non-hydrogen) atoms. The van der Waals surface area contributed by atoms with Crippen LogP contribution in [-0.4, -0.2) is 30.9 Å². The third kappa shape index (κ3) is 2.80. The molecule has 0 aliphatic rings. The number of aliphatic hydroxyl groups excluding tert-OH is 1. The summed E-state index contributed by atoms with van der Waals surface area (Å²) in [6.45, 7) is 0.116. The molecule has 0 atom stereocenters. The van der Waals surface area contributed by atoms with Gasteiger partial charge in [0.05, 0.1) is 19.9 Å². The number of benzene rings is 1. The zero-order valence-corrected chi connectivity index (χ0v) is 11.2. The zero-order valence-electron chi connectivity index (χ0n) is 10.3. The van der Waals surface area contributed by atoms with E-state index < -0.39 is 0 Å². The number of nitrogens with zero attached hydrogens (tertiary/aromatic N) is 1. The molecule has 1 aromatic heterocycles. The van der Waals surface area contributed by atoms with Gasteiger partial charge in [-0.05, 0) is 12.1 Å². The van der Waals surface area contributed by atoms with Crippen molar-refractivity contribution in [3.63, 3.8) is 0 Å². The van der Waals surface area contributed by atoms with E-state index in [-0.39, 0.29) is 6.61 Å². The van der Waals surface area contributed by atoms with Gasteiger partial charge in [0.25, 0.3) is 0 Å². The predicted octanol–water partition coefficient (Wildman–Crippen LogP) is 2.36. The Labute approximate surface area is 110 Å². The Bertz CT molecular complexity index is 502. The summed E-state index contributed by atoms with van der Waals surface area (Å²) in [5.74, 6) is 1.48. The molecule has 0 aliphatic carbocycles. The van der Waals surface area contributed by atoms with E-state index in [0.29, 0.717) is 6.42 Å². The maximum Gasteiger partial charge on any atom is 0.123 e. The number of thiazole rings is 1. The summed E-state index contributed by atoms with van der Waals surface area (Å²) >= 11 is 1.55. The third-order valence-electron chi connectivity index (χ3n) is 2.52. The van der Waals surface area contributed by atoms with Gasteiger partial charge in [-0.1, -0.05) is 0 Å². The Morgan fingerprint density at radius 2 is 1.83 bits per heavy atom. The molecule has 5 heteroatoms. The molecule has 0 amide bonds. The molecule has 1 heterocycles. The first kappa shape index (κ1) is 12.9. The Hall–Kier alpha value is -1.59. The Morgan fingerprint density at radius 1 is 1.17 bits per heavy atom. The molecule has 0 unspecified atom stereocenters. The van der Waals surface area contributed by atoms with E-state index in [1.54, 1.807) is 25.6 Å². The van der Waals surface area contributed by atoms with Crippen LogP contribution in [0.25, 0.3) is 10.6 Å². The lowest BCUT2D eigenvalue weighted by Gasteiger charge is -2.06. The first-order valence-corrected chi connectivity index (χ1v) is 6.43. The van der Waals surface area contributed by atoms with Gasteiger partial charge in [0.1, 0.15) is 16.5 Å². The quantitative estimate of drug-likeness (QED) is 0.901. The van der Waals surface area contributed by atoms with E-state index in [4.69, 9.17) is 14.6 Å². The monoisotopic (exact) mass is 265 g/mol. The normalized spacial score (nSPS) is 10.4. The van der Waals surface area contributed by atoms with E-state index in [1.807, 2.05) is 23.6 Å². The van der Waals surface area contributed by atoms with Crippen LogP contribution in [0.15, 0.2) is 23.6 Å². The molecule has 4 nitrogen and oxygen atoms in total.